The van der Waals surface area contributed by atoms with Gasteiger partial charge in [0.25, 0.3) is 10.0 Å². The highest BCUT2D eigenvalue weighted by atomic mass is 32.2. The Morgan fingerprint density at radius 3 is 2.67 bits per heavy atom. The van der Waals surface area contributed by atoms with Crippen molar-refractivity contribution < 1.29 is 8.42 Å². The van der Waals surface area contributed by atoms with E-state index < -0.39 is 10.0 Å². The lowest BCUT2D eigenvalue weighted by Crippen LogP contribution is -2.12. The van der Waals surface area contributed by atoms with Crippen molar-refractivity contribution in [3.8, 4) is 0 Å². The maximum atomic E-state index is 12.4. The van der Waals surface area contributed by atoms with Gasteiger partial charge in [0.15, 0.2) is 0 Å². The maximum absolute atomic E-state index is 12.4. The van der Waals surface area contributed by atoms with E-state index in [2.05, 4.69) is 9.71 Å². The van der Waals surface area contributed by atoms with Gasteiger partial charge in [-0.2, -0.15) is 0 Å². The summed E-state index contributed by atoms with van der Waals surface area (Å²) in [7, 11) is -3.57. The number of nitrogens with one attached hydrogen (secondary N) is 1. The first-order valence-electron chi connectivity index (χ1n) is 6.41. The molecule has 0 aliphatic rings. The molecular weight excluding hydrogens is 304 g/mol. The molecule has 108 valence electrons. The minimum atomic E-state index is -3.57. The Bertz CT molecular complexity index is 914. The van der Waals surface area contributed by atoms with Crippen molar-refractivity contribution in [1.29, 1.82) is 0 Å². The first-order chi connectivity index (χ1) is 9.94. The summed E-state index contributed by atoms with van der Waals surface area (Å²) in [6.45, 7) is 3.80. The highest BCUT2D eigenvalue weighted by Gasteiger charge is 2.14. The third kappa shape index (κ3) is 2.91. The number of fused-ring (bicyclic) bond motifs is 1. The van der Waals surface area contributed by atoms with Crippen molar-refractivity contribution >= 4 is 37.3 Å². The monoisotopic (exact) mass is 318 g/mol. The maximum Gasteiger partial charge on any atom is 0.261 e. The van der Waals surface area contributed by atoms with Gasteiger partial charge in [-0.15, -0.1) is 11.3 Å². The summed E-state index contributed by atoms with van der Waals surface area (Å²) in [6, 6.07) is 12.2. The molecule has 0 radical (unpaired) electrons. The van der Waals surface area contributed by atoms with Gasteiger partial charge < -0.3 is 0 Å². The summed E-state index contributed by atoms with van der Waals surface area (Å²) < 4.78 is 28.4. The van der Waals surface area contributed by atoms with E-state index in [4.69, 9.17) is 0 Å². The molecule has 1 N–H and O–H groups in total. The summed E-state index contributed by atoms with van der Waals surface area (Å²) in [5.41, 5.74) is 2.24. The van der Waals surface area contributed by atoms with Crippen LogP contribution in [-0.2, 0) is 10.0 Å². The van der Waals surface area contributed by atoms with Gasteiger partial charge in [0.1, 0.15) is 0 Å². The Hall–Kier alpha value is -1.92. The molecule has 0 saturated heterocycles. The average Bonchev–Trinajstić information content (AvgIpc) is 2.77. The van der Waals surface area contributed by atoms with Crippen molar-refractivity contribution in [1.82, 2.24) is 4.98 Å². The van der Waals surface area contributed by atoms with E-state index >= 15 is 0 Å². The molecule has 0 aliphatic heterocycles. The fourth-order valence-electron chi connectivity index (χ4n) is 2.10. The zero-order valence-corrected chi connectivity index (χ0v) is 13.3. The number of thiazole rings is 1. The molecule has 6 heteroatoms. The predicted octanol–water partition coefficient (Wildman–Crippen LogP) is 3.71. The fraction of sp³-hybridized carbons (Fsp3) is 0.133. The van der Waals surface area contributed by atoms with Crippen LogP contribution in [0.1, 0.15) is 10.6 Å². The van der Waals surface area contributed by atoms with Crippen LogP contribution in [0.25, 0.3) is 10.2 Å². The van der Waals surface area contributed by atoms with Crippen LogP contribution in [0, 0.1) is 13.8 Å². The largest absolute Gasteiger partial charge is 0.280 e. The van der Waals surface area contributed by atoms with Crippen LogP contribution in [0.3, 0.4) is 0 Å². The van der Waals surface area contributed by atoms with E-state index in [1.54, 1.807) is 41.7 Å². The van der Waals surface area contributed by atoms with E-state index in [-0.39, 0.29) is 4.90 Å². The van der Waals surface area contributed by atoms with Crippen LogP contribution >= 0.6 is 11.3 Å². The number of anilines is 1. The topological polar surface area (TPSA) is 59.1 Å². The van der Waals surface area contributed by atoms with Gasteiger partial charge in [-0.3, -0.25) is 4.72 Å². The number of benzene rings is 2. The molecule has 0 bridgehead atoms. The van der Waals surface area contributed by atoms with Crippen LogP contribution in [-0.4, -0.2) is 13.4 Å². The molecule has 0 spiro atoms. The van der Waals surface area contributed by atoms with E-state index in [1.165, 1.54) is 0 Å². The van der Waals surface area contributed by atoms with E-state index in [9.17, 15) is 8.42 Å². The molecule has 21 heavy (non-hydrogen) atoms. The molecule has 4 nitrogen and oxygen atoms in total. The highest BCUT2D eigenvalue weighted by molar-refractivity contribution is 7.92. The molecule has 3 aromatic rings. The molecular formula is C15H14N2O2S2. The number of nitrogens with zero attached hydrogens (tertiary/aromatic N) is 1. The van der Waals surface area contributed by atoms with Gasteiger partial charge >= 0.3 is 0 Å². The van der Waals surface area contributed by atoms with Crippen molar-refractivity contribution in [2.75, 3.05) is 4.72 Å². The third-order valence-corrected chi connectivity index (χ3v) is 5.38. The van der Waals surface area contributed by atoms with E-state index in [1.807, 2.05) is 26.0 Å². The standard InChI is InChI=1S/C15H14N2O2S2/c1-10-4-3-5-13(8-10)21(18,19)17-12-6-7-15-14(9-12)16-11(2)20-15/h3-9,17H,1-2H3. The predicted molar refractivity (Wildman–Crippen MR) is 86.3 cm³/mol. The molecule has 0 atom stereocenters. The summed E-state index contributed by atoms with van der Waals surface area (Å²) in [4.78, 5) is 4.64. The molecule has 2 aromatic carbocycles. The quantitative estimate of drug-likeness (QED) is 0.801. The number of rotatable bonds is 3. The lowest BCUT2D eigenvalue weighted by atomic mass is 10.2. The number of hydrogen-bond acceptors (Lipinski definition) is 4. The number of aromatic nitrogens is 1. The molecule has 1 aromatic heterocycles. The normalized spacial score (nSPS) is 11.7. The summed E-state index contributed by atoms with van der Waals surface area (Å²) in [5, 5.41) is 0.962. The van der Waals surface area contributed by atoms with Gasteiger partial charge in [-0.1, -0.05) is 12.1 Å². The molecule has 0 amide bonds. The van der Waals surface area contributed by atoms with E-state index in [0.717, 1.165) is 20.8 Å². The van der Waals surface area contributed by atoms with Gasteiger partial charge in [0.2, 0.25) is 0 Å². The molecule has 0 aliphatic carbocycles. The SMILES string of the molecule is Cc1cccc(S(=O)(=O)Nc2ccc3sc(C)nc3c2)c1. The van der Waals surface area contributed by atoms with Gasteiger partial charge in [0, 0.05) is 0 Å². The Balaban J connectivity index is 1.96. The Morgan fingerprint density at radius 1 is 1.10 bits per heavy atom. The molecule has 0 saturated carbocycles. The summed E-state index contributed by atoms with van der Waals surface area (Å²) in [5.74, 6) is 0. The fourth-order valence-corrected chi connectivity index (χ4v) is 4.06. The number of sulfonamides is 1. The van der Waals surface area contributed by atoms with Gasteiger partial charge in [0.05, 0.1) is 25.8 Å². The van der Waals surface area contributed by atoms with Crippen molar-refractivity contribution in [3.63, 3.8) is 0 Å². The second-order valence-electron chi connectivity index (χ2n) is 4.84. The van der Waals surface area contributed by atoms with Crippen LogP contribution in [0.5, 0.6) is 0 Å². The van der Waals surface area contributed by atoms with Gasteiger partial charge in [-0.25, -0.2) is 13.4 Å². The van der Waals surface area contributed by atoms with Crippen molar-refractivity contribution in [2.45, 2.75) is 18.7 Å². The van der Waals surface area contributed by atoms with E-state index in [0.29, 0.717) is 5.69 Å². The molecule has 3 rings (SSSR count). The Kier molecular flexibility index (Phi) is 3.43. The van der Waals surface area contributed by atoms with Crippen molar-refractivity contribution in [2.24, 2.45) is 0 Å². The minimum Gasteiger partial charge on any atom is -0.280 e. The molecule has 0 fully saturated rings. The zero-order chi connectivity index (χ0) is 15.0. The second-order valence-corrected chi connectivity index (χ2v) is 7.75. The lowest BCUT2D eigenvalue weighted by Gasteiger charge is -2.08. The summed E-state index contributed by atoms with van der Waals surface area (Å²) in [6.07, 6.45) is 0. The first kappa shape index (κ1) is 14.0. The number of aryl methyl sites for hydroxylation is 2. The zero-order valence-electron chi connectivity index (χ0n) is 11.6. The Morgan fingerprint density at radius 2 is 1.90 bits per heavy atom. The second kappa shape index (κ2) is 5.13. The van der Waals surface area contributed by atoms with Crippen LogP contribution in [0.2, 0.25) is 0 Å². The Labute approximate surface area is 127 Å². The van der Waals surface area contributed by atoms with Gasteiger partial charge in [-0.05, 0) is 49.7 Å². The first-order valence-corrected chi connectivity index (χ1v) is 8.71. The third-order valence-electron chi connectivity index (χ3n) is 3.05. The molecule has 1 heterocycles. The number of hydrogen-bond donors (Lipinski definition) is 1. The van der Waals surface area contributed by atoms with Crippen LogP contribution in [0.4, 0.5) is 5.69 Å². The smallest absolute Gasteiger partial charge is 0.261 e. The average molecular weight is 318 g/mol. The van der Waals surface area contributed by atoms with Crippen LogP contribution < -0.4 is 4.72 Å². The minimum absolute atomic E-state index is 0.261. The van der Waals surface area contributed by atoms with Crippen molar-refractivity contribution in [3.05, 3.63) is 53.0 Å². The lowest BCUT2D eigenvalue weighted by molar-refractivity contribution is 0.601. The van der Waals surface area contributed by atoms with Crippen LogP contribution in [0.15, 0.2) is 47.4 Å². The highest BCUT2D eigenvalue weighted by Crippen LogP contribution is 2.25. The molecule has 0 unspecified atom stereocenters. The summed E-state index contributed by atoms with van der Waals surface area (Å²) >= 11 is 1.59.